The summed E-state index contributed by atoms with van der Waals surface area (Å²) in [6.45, 7) is 10.1. The maximum absolute atomic E-state index is 12.9. The predicted molar refractivity (Wildman–Crippen MR) is 109 cm³/mol. The van der Waals surface area contributed by atoms with Crippen LogP contribution in [0.5, 0.6) is 0 Å². The van der Waals surface area contributed by atoms with Crippen molar-refractivity contribution in [3.63, 3.8) is 0 Å². The van der Waals surface area contributed by atoms with Gasteiger partial charge in [-0.15, -0.1) is 0 Å². The Labute approximate surface area is 173 Å². The SMILES string of the molecule is CCN(CC)S(=O)(=O)c1cc(C(=O)N2CCN(C(=O)OCC(C)C)CC2)n(C)c1. The Balaban J connectivity index is 2.05. The van der Waals surface area contributed by atoms with E-state index in [1.807, 2.05) is 13.8 Å². The van der Waals surface area contributed by atoms with E-state index in [9.17, 15) is 18.0 Å². The van der Waals surface area contributed by atoms with Crippen LogP contribution in [0.25, 0.3) is 0 Å². The molecule has 2 rings (SSSR count). The van der Waals surface area contributed by atoms with E-state index in [0.29, 0.717) is 51.6 Å². The van der Waals surface area contributed by atoms with Gasteiger partial charge in [-0.2, -0.15) is 4.31 Å². The van der Waals surface area contributed by atoms with E-state index < -0.39 is 10.0 Å². The van der Waals surface area contributed by atoms with E-state index >= 15 is 0 Å². The normalized spacial score (nSPS) is 15.3. The molecule has 1 aromatic rings. The molecule has 29 heavy (non-hydrogen) atoms. The lowest BCUT2D eigenvalue weighted by Gasteiger charge is -2.34. The lowest BCUT2D eigenvalue weighted by molar-refractivity contribution is 0.0529. The lowest BCUT2D eigenvalue weighted by Crippen LogP contribution is -2.51. The fourth-order valence-corrected chi connectivity index (χ4v) is 4.71. The summed E-state index contributed by atoms with van der Waals surface area (Å²) < 4.78 is 33.6. The molecule has 0 aromatic carbocycles. The minimum Gasteiger partial charge on any atom is -0.449 e. The highest BCUT2D eigenvalue weighted by Gasteiger charge is 2.29. The zero-order chi connectivity index (χ0) is 21.8. The number of rotatable bonds is 7. The Morgan fingerprint density at radius 3 is 2.17 bits per heavy atom. The van der Waals surface area contributed by atoms with Crippen LogP contribution in [0.3, 0.4) is 0 Å². The molecule has 1 fully saturated rings. The molecule has 1 aliphatic heterocycles. The van der Waals surface area contributed by atoms with E-state index in [4.69, 9.17) is 4.74 Å². The number of sulfonamides is 1. The Morgan fingerprint density at radius 2 is 1.66 bits per heavy atom. The van der Waals surface area contributed by atoms with Crippen LogP contribution in [0.15, 0.2) is 17.2 Å². The van der Waals surface area contributed by atoms with Crippen molar-refractivity contribution in [1.82, 2.24) is 18.7 Å². The highest BCUT2D eigenvalue weighted by atomic mass is 32.2. The molecule has 0 bridgehead atoms. The van der Waals surface area contributed by atoms with Gasteiger partial charge in [-0.3, -0.25) is 4.79 Å². The van der Waals surface area contributed by atoms with Crippen molar-refractivity contribution < 1.29 is 22.7 Å². The second-order valence-electron chi connectivity index (χ2n) is 7.51. The summed E-state index contributed by atoms with van der Waals surface area (Å²) in [6.07, 6.45) is 1.11. The number of amides is 2. The van der Waals surface area contributed by atoms with Crippen LogP contribution >= 0.6 is 0 Å². The fourth-order valence-electron chi connectivity index (χ4n) is 3.18. The number of nitrogens with zero attached hydrogens (tertiary/aromatic N) is 4. The standard InChI is InChI=1S/C19H32N4O5S/c1-6-23(7-2)29(26,27)16-12-17(20(5)13-16)18(24)21-8-10-22(11-9-21)19(25)28-14-15(3)4/h12-13,15H,6-11,14H2,1-5H3. The highest BCUT2D eigenvalue weighted by Crippen LogP contribution is 2.20. The van der Waals surface area contributed by atoms with Crippen molar-refractivity contribution in [3.05, 3.63) is 18.0 Å². The number of ether oxygens (including phenoxy) is 1. The van der Waals surface area contributed by atoms with Crippen molar-refractivity contribution in [2.75, 3.05) is 45.9 Å². The lowest BCUT2D eigenvalue weighted by atomic mass is 10.2. The van der Waals surface area contributed by atoms with Crippen molar-refractivity contribution >= 4 is 22.0 Å². The summed E-state index contributed by atoms with van der Waals surface area (Å²) in [4.78, 5) is 28.3. The molecule has 1 saturated heterocycles. The van der Waals surface area contributed by atoms with E-state index in [0.717, 1.165) is 0 Å². The van der Waals surface area contributed by atoms with Gasteiger partial charge in [0.15, 0.2) is 0 Å². The topological polar surface area (TPSA) is 92.2 Å². The number of aromatic nitrogens is 1. The number of carbonyl (C=O) groups is 2. The minimum atomic E-state index is -3.63. The summed E-state index contributed by atoms with van der Waals surface area (Å²) in [7, 11) is -1.97. The van der Waals surface area contributed by atoms with Gasteiger partial charge in [-0.25, -0.2) is 13.2 Å². The third-order valence-corrected chi connectivity index (χ3v) is 6.92. The van der Waals surface area contributed by atoms with Crippen LogP contribution in [0.4, 0.5) is 4.79 Å². The van der Waals surface area contributed by atoms with Crippen molar-refractivity contribution in [2.24, 2.45) is 13.0 Å². The first-order valence-corrected chi connectivity index (χ1v) is 11.4. The molecule has 1 aromatic heterocycles. The molecule has 164 valence electrons. The third kappa shape index (κ3) is 5.30. The molecule has 0 aliphatic carbocycles. The average molecular weight is 429 g/mol. The molecule has 0 radical (unpaired) electrons. The van der Waals surface area contributed by atoms with Crippen LogP contribution < -0.4 is 0 Å². The number of hydrogen-bond acceptors (Lipinski definition) is 5. The van der Waals surface area contributed by atoms with Crippen molar-refractivity contribution in [3.8, 4) is 0 Å². The first-order chi connectivity index (χ1) is 13.6. The largest absolute Gasteiger partial charge is 0.449 e. The number of hydrogen-bond donors (Lipinski definition) is 0. The molecule has 0 saturated carbocycles. The van der Waals surface area contributed by atoms with Crippen LogP contribution in [0.2, 0.25) is 0 Å². The van der Waals surface area contributed by atoms with Crippen LogP contribution in [0.1, 0.15) is 38.2 Å². The van der Waals surface area contributed by atoms with E-state index in [-0.39, 0.29) is 22.8 Å². The van der Waals surface area contributed by atoms with Gasteiger partial charge in [-0.05, 0) is 12.0 Å². The van der Waals surface area contributed by atoms with E-state index in [1.165, 1.54) is 16.6 Å². The van der Waals surface area contributed by atoms with Crippen LogP contribution in [0, 0.1) is 5.92 Å². The number of piperazine rings is 1. The van der Waals surface area contributed by atoms with Gasteiger partial charge >= 0.3 is 6.09 Å². The maximum Gasteiger partial charge on any atom is 0.409 e. The van der Waals surface area contributed by atoms with Crippen LogP contribution in [-0.4, -0.2) is 85.0 Å². The predicted octanol–water partition coefficient (Wildman–Crippen LogP) is 1.61. The average Bonchev–Trinajstić information content (AvgIpc) is 3.09. The van der Waals surface area contributed by atoms with Gasteiger partial charge in [0.2, 0.25) is 10.0 Å². The molecule has 2 heterocycles. The first kappa shape index (κ1) is 23.2. The molecular formula is C19H32N4O5S. The quantitative estimate of drug-likeness (QED) is 0.658. The van der Waals surface area contributed by atoms with Gasteiger partial charge in [0.1, 0.15) is 10.6 Å². The maximum atomic E-state index is 12.9. The van der Waals surface area contributed by atoms with Gasteiger partial charge in [0.25, 0.3) is 5.91 Å². The smallest absolute Gasteiger partial charge is 0.409 e. The Kier molecular flexibility index (Phi) is 7.70. The molecule has 0 unspecified atom stereocenters. The summed E-state index contributed by atoms with van der Waals surface area (Å²) in [5, 5.41) is 0. The third-order valence-electron chi connectivity index (χ3n) is 4.91. The molecule has 1 aliphatic rings. The summed E-state index contributed by atoms with van der Waals surface area (Å²) in [5.41, 5.74) is 0.312. The molecular weight excluding hydrogens is 396 g/mol. The summed E-state index contributed by atoms with van der Waals surface area (Å²) in [5.74, 6) is 0.0182. The second kappa shape index (κ2) is 9.62. The zero-order valence-electron chi connectivity index (χ0n) is 17.9. The molecule has 0 atom stereocenters. The van der Waals surface area contributed by atoms with Gasteiger partial charge in [-0.1, -0.05) is 27.7 Å². The van der Waals surface area contributed by atoms with Crippen molar-refractivity contribution in [1.29, 1.82) is 0 Å². The first-order valence-electron chi connectivity index (χ1n) is 9.99. The summed E-state index contributed by atoms with van der Waals surface area (Å²) in [6, 6.07) is 1.43. The molecule has 0 spiro atoms. The van der Waals surface area contributed by atoms with Gasteiger partial charge < -0.3 is 19.1 Å². The minimum absolute atomic E-state index is 0.114. The molecule has 10 heteroatoms. The van der Waals surface area contributed by atoms with E-state index in [1.54, 1.807) is 35.3 Å². The zero-order valence-corrected chi connectivity index (χ0v) is 18.7. The van der Waals surface area contributed by atoms with Gasteiger partial charge in [0.05, 0.1) is 6.61 Å². The summed E-state index contributed by atoms with van der Waals surface area (Å²) >= 11 is 0. The van der Waals surface area contributed by atoms with Crippen molar-refractivity contribution in [2.45, 2.75) is 32.6 Å². The number of carbonyl (C=O) groups excluding carboxylic acids is 2. The van der Waals surface area contributed by atoms with E-state index in [2.05, 4.69) is 0 Å². The Hall–Kier alpha value is -2.07. The molecule has 0 N–H and O–H groups in total. The highest BCUT2D eigenvalue weighted by molar-refractivity contribution is 7.89. The Morgan fingerprint density at radius 1 is 1.10 bits per heavy atom. The molecule has 9 nitrogen and oxygen atoms in total. The fraction of sp³-hybridized carbons (Fsp3) is 0.684. The van der Waals surface area contributed by atoms with Crippen LogP contribution in [-0.2, 0) is 21.8 Å². The second-order valence-corrected chi connectivity index (χ2v) is 9.45. The Bertz CT molecular complexity index is 822. The monoisotopic (exact) mass is 428 g/mol. The molecule has 2 amide bonds. The number of aryl methyl sites for hydroxylation is 1. The van der Waals surface area contributed by atoms with Gasteiger partial charge in [0, 0.05) is 52.5 Å².